The summed E-state index contributed by atoms with van der Waals surface area (Å²) in [5, 5.41) is 21.4. The van der Waals surface area contributed by atoms with E-state index >= 15 is 0 Å². The maximum atomic E-state index is 13.2. The van der Waals surface area contributed by atoms with Gasteiger partial charge < -0.3 is 15.4 Å². The molecule has 0 bridgehead atoms. The molecular formula is C26H30N8O2. The van der Waals surface area contributed by atoms with Gasteiger partial charge in [-0.15, -0.1) is 0 Å². The first-order valence-electron chi connectivity index (χ1n) is 12.9. The zero-order chi connectivity index (χ0) is 24.5. The number of rotatable bonds is 7. The van der Waals surface area contributed by atoms with Gasteiger partial charge in [-0.3, -0.25) is 14.4 Å². The summed E-state index contributed by atoms with van der Waals surface area (Å²) in [4.78, 5) is 25.2. The maximum absolute atomic E-state index is 13.2. The minimum Gasteiger partial charge on any atom is -0.379 e. The van der Waals surface area contributed by atoms with Crippen LogP contribution in [0.3, 0.4) is 0 Å². The number of benzene rings is 1. The van der Waals surface area contributed by atoms with Crippen molar-refractivity contribution in [3.05, 3.63) is 41.2 Å². The van der Waals surface area contributed by atoms with Gasteiger partial charge in [0.05, 0.1) is 42.0 Å². The van der Waals surface area contributed by atoms with Crippen LogP contribution < -0.4 is 10.6 Å². The molecule has 1 aliphatic carbocycles. The van der Waals surface area contributed by atoms with Gasteiger partial charge in [0.2, 0.25) is 11.9 Å². The van der Waals surface area contributed by atoms with Crippen LogP contribution in [-0.2, 0) is 9.53 Å². The number of nitrogens with one attached hydrogen (secondary N) is 2. The Morgan fingerprint density at radius 2 is 2.03 bits per heavy atom. The lowest BCUT2D eigenvalue weighted by Gasteiger charge is -2.26. The van der Waals surface area contributed by atoms with E-state index in [1.54, 1.807) is 18.2 Å². The zero-order valence-electron chi connectivity index (χ0n) is 20.2. The fourth-order valence-corrected chi connectivity index (χ4v) is 5.53. The third-order valence-corrected chi connectivity index (χ3v) is 7.45. The summed E-state index contributed by atoms with van der Waals surface area (Å²) in [5.74, 6) is -0.283. The van der Waals surface area contributed by atoms with Gasteiger partial charge in [0.1, 0.15) is 5.92 Å². The molecule has 6 rings (SSSR count). The highest BCUT2D eigenvalue weighted by Crippen LogP contribution is 2.40. The van der Waals surface area contributed by atoms with Gasteiger partial charge in [-0.05, 0) is 49.6 Å². The fraction of sp³-hybridized carbons (Fsp3) is 0.500. The van der Waals surface area contributed by atoms with Crippen molar-refractivity contribution >= 4 is 28.6 Å². The number of carbonyl (C=O) groups excluding carboxylic acids is 1. The zero-order valence-corrected chi connectivity index (χ0v) is 20.2. The Morgan fingerprint density at radius 1 is 1.19 bits per heavy atom. The van der Waals surface area contributed by atoms with Crippen LogP contribution in [0.2, 0.25) is 0 Å². The minimum atomic E-state index is -0.617. The molecule has 1 amide bonds. The molecule has 10 heteroatoms. The quantitative estimate of drug-likeness (QED) is 0.489. The summed E-state index contributed by atoms with van der Waals surface area (Å²) < 4.78 is 7.44. The van der Waals surface area contributed by atoms with Gasteiger partial charge in [0.15, 0.2) is 5.65 Å². The number of nitrogens with zero attached hydrogens (tertiary/aromatic N) is 6. The molecule has 1 unspecified atom stereocenters. The highest BCUT2D eigenvalue weighted by Gasteiger charge is 2.36. The molecular weight excluding hydrogens is 456 g/mol. The number of aromatic nitrogens is 4. The number of ether oxygens (including phenoxy) is 1. The van der Waals surface area contributed by atoms with Crippen molar-refractivity contribution in [2.75, 3.05) is 50.0 Å². The average Bonchev–Trinajstić information content (AvgIpc) is 3.64. The molecule has 2 fully saturated rings. The van der Waals surface area contributed by atoms with E-state index in [-0.39, 0.29) is 5.91 Å². The van der Waals surface area contributed by atoms with Gasteiger partial charge in [-0.2, -0.15) is 15.3 Å². The number of morpholine rings is 1. The van der Waals surface area contributed by atoms with Crippen LogP contribution >= 0.6 is 0 Å². The second-order valence-corrected chi connectivity index (χ2v) is 9.79. The molecule has 1 atom stereocenters. The largest absolute Gasteiger partial charge is 0.379 e. The first-order chi connectivity index (χ1) is 17.7. The molecule has 2 aromatic heterocycles. The molecule has 1 saturated carbocycles. The van der Waals surface area contributed by atoms with Crippen LogP contribution in [0.15, 0.2) is 24.4 Å². The molecule has 2 N–H and O–H groups in total. The highest BCUT2D eigenvalue weighted by atomic mass is 16.5. The van der Waals surface area contributed by atoms with Crippen molar-refractivity contribution in [2.45, 2.75) is 44.1 Å². The lowest BCUT2D eigenvalue weighted by Crippen LogP contribution is -2.37. The van der Waals surface area contributed by atoms with Crippen LogP contribution in [0.1, 0.15) is 60.9 Å². The number of amides is 1. The van der Waals surface area contributed by atoms with Crippen LogP contribution in [-0.4, -0.2) is 69.9 Å². The predicted molar refractivity (Wildman–Crippen MR) is 135 cm³/mol. The first kappa shape index (κ1) is 22.9. The normalized spacial score (nSPS) is 20.4. The topological polar surface area (TPSA) is 121 Å². The Kier molecular flexibility index (Phi) is 6.25. The van der Waals surface area contributed by atoms with E-state index < -0.39 is 5.92 Å². The van der Waals surface area contributed by atoms with Crippen LogP contribution in [0.25, 0.3) is 11.0 Å². The van der Waals surface area contributed by atoms with Crippen molar-refractivity contribution < 1.29 is 9.53 Å². The predicted octanol–water partition coefficient (Wildman–Crippen LogP) is 3.03. The number of anilines is 2. The summed E-state index contributed by atoms with van der Waals surface area (Å²) in [6, 6.07) is 7.82. The third-order valence-electron chi connectivity index (χ3n) is 7.45. The third kappa shape index (κ3) is 4.40. The molecule has 10 nitrogen and oxygen atoms in total. The Balaban J connectivity index is 1.32. The first-order valence-corrected chi connectivity index (χ1v) is 12.9. The molecule has 3 aliphatic rings. The van der Waals surface area contributed by atoms with E-state index in [1.165, 1.54) is 12.8 Å². The summed E-state index contributed by atoms with van der Waals surface area (Å²) in [6.45, 7) is 5.21. The molecule has 1 saturated heterocycles. The fourth-order valence-electron chi connectivity index (χ4n) is 5.53. The second kappa shape index (κ2) is 9.84. The van der Waals surface area contributed by atoms with Crippen molar-refractivity contribution in [2.24, 2.45) is 0 Å². The van der Waals surface area contributed by atoms with Crippen molar-refractivity contribution in [1.82, 2.24) is 24.6 Å². The minimum absolute atomic E-state index is 0.146. The van der Waals surface area contributed by atoms with Gasteiger partial charge in [0.25, 0.3) is 0 Å². The Labute approximate surface area is 209 Å². The summed E-state index contributed by atoms with van der Waals surface area (Å²) in [5.41, 5.74) is 3.24. The molecule has 36 heavy (non-hydrogen) atoms. The van der Waals surface area contributed by atoms with Crippen molar-refractivity contribution in [3.63, 3.8) is 0 Å². The summed E-state index contributed by atoms with van der Waals surface area (Å²) in [6.07, 6.45) is 7.55. The number of hydrogen-bond acceptors (Lipinski definition) is 8. The number of nitriles is 1. The van der Waals surface area contributed by atoms with E-state index in [1.807, 2.05) is 10.9 Å². The number of hydrogen-bond donors (Lipinski definition) is 2. The van der Waals surface area contributed by atoms with Crippen molar-refractivity contribution in [1.29, 1.82) is 5.26 Å². The van der Waals surface area contributed by atoms with Crippen LogP contribution in [0.5, 0.6) is 0 Å². The van der Waals surface area contributed by atoms with Crippen LogP contribution in [0.4, 0.5) is 11.6 Å². The van der Waals surface area contributed by atoms with Gasteiger partial charge in [0, 0.05) is 31.5 Å². The molecule has 3 aromatic rings. The molecule has 4 heterocycles. The second-order valence-electron chi connectivity index (χ2n) is 9.79. The van der Waals surface area contributed by atoms with Gasteiger partial charge in [-0.25, -0.2) is 4.98 Å². The summed E-state index contributed by atoms with van der Waals surface area (Å²) in [7, 11) is 0. The lowest BCUT2D eigenvalue weighted by molar-refractivity contribution is -0.116. The van der Waals surface area contributed by atoms with E-state index in [2.05, 4.69) is 21.6 Å². The Morgan fingerprint density at radius 3 is 2.83 bits per heavy atom. The number of fused-ring (bicyclic) bond motifs is 2. The lowest BCUT2D eigenvalue weighted by atomic mass is 9.94. The Bertz CT molecular complexity index is 1320. The number of carbonyl (C=O) groups is 1. The van der Waals surface area contributed by atoms with E-state index in [4.69, 9.17) is 19.8 Å². The van der Waals surface area contributed by atoms with E-state index in [9.17, 15) is 10.1 Å². The molecule has 1 aromatic carbocycles. The van der Waals surface area contributed by atoms with E-state index in [0.29, 0.717) is 28.9 Å². The van der Waals surface area contributed by atoms with Gasteiger partial charge >= 0.3 is 0 Å². The molecule has 0 radical (unpaired) electrons. The highest BCUT2D eigenvalue weighted by molar-refractivity contribution is 6.06. The molecule has 186 valence electrons. The average molecular weight is 487 g/mol. The SMILES string of the molecule is N#Cc1ccc2c(c1)C(c1nc(NCCCN3CCOCC3)nc3nn(C4CCCC4)cc13)C(=O)N2. The van der Waals surface area contributed by atoms with Gasteiger partial charge in [-0.1, -0.05) is 12.8 Å². The van der Waals surface area contributed by atoms with Crippen molar-refractivity contribution in [3.8, 4) is 6.07 Å². The molecule has 2 aliphatic heterocycles. The summed E-state index contributed by atoms with van der Waals surface area (Å²) >= 11 is 0. The molecule has 0 spiro atoms. The monoisotopic (exact) mass is 486 g/mol. The smallest absolute Gasteiger partial charge is 0.238 e. The van der Waals surface area contributed by atoms with E-state index in [0.717, 1.165) is 75.3 Å². The Hall–Kier alpha value is -3.55. The van der Waals surface area contributed by atoms with Crippen LogP contribution in [0, 0.1) is 11.3 Å². The standard InChI is InChI=1S/C26H30N8O2/c27-15-17-6-7-21-19(14-17)22(25(35)29-21)23-20-16-34(18-4-1-2-5-18)32-24(20)31-26(30-23)28-8-3-9-33-10-12-36-13-11-33/h6-7,14,16,18,22H,1-5,8-13H2,(H,29,35)(H,28,31,32). The maximum Gasteiger partial charge on any atom is 0.238 e.